The lowest BCUT2D eigenvalue weighted by molar-refractivity contribution is 0.145. The Morgan fingerprint density at radius 3 is 3.05 bits per heavy atom. The maximum absolute atomic E-state index is 10.2. The van der Waals surface area contributed by atoms with E-state index in [0.717, 1.165) is 30.8 Å². The Labute approximate surface area is 125 Å². The zero-order valence-electron chi connectivity index (χ0n) is 12.3. The van der Waals surface area contributed by atoms with E-state index in [4.69, 9.17) is 0 Å². The van der Waals surface area contributed by atoms with Crippen molar-refractivity contribution in [2.75, 3.05) is 0 Å². The Morgan fingerprint density at radius 1 is 1.38 bits per heavy atom. The lowest BCUT2D eigenvalue weighted by Crippen LogP contribution is -2.35. The molecule has 0 aromatic carbocycles. The third kappa shape index (κ3) is 3.68. The number of pyridine rings is 1. The molecule has 1 fully saturated rings. The lowest BCUT2D eigenvalue weighted by Gasteiger charge is -2.16. The first-order valence-electron chi connectivity index (χ1n) is 7.50. The molecule has 3 atom stereocenters. The average Bonchev–Trinajstić information content (AvgIpc) is 3.07. The van der Waals surface area contributed by atoms with Crippen molar-refractivity contribution in [1.29, 1.82) is 0 Å². The van der Waals surface area contributed by atoms with E-state index in [2.05, 4.69) is 19.9 Å². The molecule has 5 nitrogen and oxygen atoms in total. The van der Waals surface area contributed by atoms with Crippen LogP contribution in [0.25, 0.3) is 0 Å². The Morgan fingerprint density at radius 2 is 2.29 bits per heavy atom. The number of aryl methyl sites for hydroxylation is 1. The third-order valence-electron chi connectivity index (χ3n) is 4.15. The fourth-order valence-corrected chi connectivity index (χ4v) is 3.11. The second kappa shape index (κ2) is 6.37. The van der Waals surface area contributed by atoms with E-state index < -0.39 is 0 Å². The Balaban J connectivity index is 1.52. The highest BCUT2D eigenvalue weighted by Crippen LogP contribution is 2.27. The lowest BCUT2D eigenvalue weighted by atomic mass is 10.1. The van der Waals surface area contributed by atoms with E-state index in [-0.39, 0.29) is 12.1 Å². The van der Waals surface area contributed by atoms with Crippen LogP contribution in [-0.4, -0.2) is 31.8 Å². The van der Waals surface area contributed by atoms with Crippen LogP contribution in [0, 0.1) is 12.8 Å². The van der Waals surface area contributed by atoms with Gasteiger partial charge in [-0.05, 0) is 37.8 Å². The Kier molecular flexibility index (Phi) is 4.31. The molecule has 2 aromatic rings. The van der Waals surface area contributed by atoms with Crippen molar-refractivity contribution in [2.24, 2.45) is 5.92 Å². The van der Waals surface area contributed by atoms with Gasteiger partial charge in [-0.25, -0.2) is 4.98 Å². The SMILES string of the molecule is Cc1cccc(CN[C@@H]2CC(Cn3ccnc3)C[C@H]2O)n1. The van der Waals surface area contributed by atoms with E-state index in [9.17, 15) is 5.11 Å². The fourth-order valence-electron chi connectivity index (χ4n) is 3.11. The van der Waals surface area contributed by atoms with Crippen molar-refractivity contribution in [3.8, 4) is 0 Å². The molecule has 0 spiro atoms. The summed E-state index contributed by atoms with van der Waals surface area (Å²) in [4.78, 5) is 8.55. The number of imidazole rings is 1. The highest BCUT2D eigenvalue weighted by Gasteiger charge is 2.32. The molecule has 0 bridgehead atoms. The molecule has 1 saturated carbocycles. The highest BCUT2D eigenvalue weighted by molar-refractivity contribution is 5.10. The van der Waals surface area contributed by atoms with Gasteiger partial charge < -0.3 is 15.0 Å². The Hall–Kier alpha value is -1.72. The first-order valence-corrected chi connectivity index (χ1v) is 7.50. The van der Waals surface area contributed by atoms with Crippen LogP contribution in [0.1, 0.15) is 24.2 Å². The smallest absolute Gasteiger partial charge is 0.0945 e. The third-order valence-corrected chi connectivity index (χ3v) is 4.15. The number of nitrogens with zero attached hydrogens (tertiary/aromatic N) is 3. The van der Waals surface area contributed by atoms with Gasteiger partial charge in [0.05, 0.1) is 18.1 Å². The van der Waals surface area contributed by atoms with Gasteiger partial charge in [-0.2, -0.15) is 0 Å². The summed E-state index contributed by atoms with van der Waals surface area (Å²) in [6.07, 6.45) is 7.17. The Bertz CT molecular complexity index is 569. The van der Waals surface area contributed by atoms with E-state index in [1.54, 1.807) is 6.20 Å². The molecule has 0 aliphatic heterocycles. The molecular weight excluding hydrogens is 264 g/mol. The molecule has 112 valence electrons. The first-order chi connectivity index (χ1) is 10.2. The quantitative estimate of drug-likeness (QED) is 0.874. The molecule has 1 aliphatic carbocycles. The zero-order chi connectivity index (χ0) is 14.7. The normalized spacial score (nSPS) is 25.3. The maximum atomic E-state index is 10.2. The molecule has 21 heavy (non-hydrogen) atoms. The first kappa shape index (κ1) is 14.2. The standard InChI is InChI=1S/C16H22N4O/c1-12-3-2-4-14(19-12)9-18-15-7-13(8-16(15)21)10-20-6-5-17-11-20/h2-6,11,13,15-16,18,21H,7-10H2,1H3/t13?,15-,16-/m1/s1. The molecular formula is C16H22N4O. The molecule has 0 saturated heterocycles. The van der Waals surface area contributed by atoms with Crippen molar-refractivity contribution in [2.45, 2.75) is 45.0 Å². The fraction of sp³-hybridized carbons (Fsp3) is 0.500. The summed E-state index contributed by atoms with van der Waals surface area (Å²) in [7, 11) is 0. The second-order valence-corrected chi connectivity index (χ2v) is 5.92. The van der Waals surface area contributed by atoms with E-state index >= 15 is 0 Å². The van der Waals surface area contributed by atoms with Gasteiger partial charge in [0.2, 0.25) is 0 Å². The molecule has 0 radical (unpaired) electrons. The van der Waals surface area contributed by atoms with E-state index in [0.29, 0.717) is 12.5 Å². The predicted octanol–water partition coefficient (Wildman–Crippen LogP) is 1.52. The summed E-state index contributed by atoms with van der Waals surface area (Å²) in [5.74, 6) is 0.497. The summed E-state index contributed by atoms with van der Waals surface area (Å²) in [6, 6.07) is 6.19. The van der Waals surface area contributed by atoms with Crippen LogP contribution in [0.4, 0.5) is 0 Å². The van der Waals surface area contributed by atoms with Crippen molar-refractivity contribution in [1.82, 2.24) is 19.9 Å². The number of aliphatic hydroxyl groups excluding tert-OH is 1. The van der Waals surface area contributed by atoms with Gasteiger partial charge >= 0.3 is 0 Å². The molecule has 1 aliphatic rings. The van der Waals surface area contributed by atoms with Gasteiger partial charge in [0.1, 0.15) is 0 Å². The molecule has 3 rings (SSSR count). The average molecular weight is 286 g/mol. The summed E-state index contributed by atoms with van der Waals surface area (Å²) in [5.41, 5.74) is 2.06. The minimum atomic E-state index is -0.275. The highest BCUT2D eigenvalue weighted by atomic mass is 16.3. The van der Waals surface area contributed by atoms with Crippen molar-refractivity contribution >= 4 is 0 Å². The number of hydrogen-bond acceptors (Lipinski definition) is 4. The van der Waals surface area contributed by atoms with Crippen LogP contribution in [0.15, 0.2) is 36.9 Å². The number of nitrogens with one attached hydrogen (secondary N) is 1. The maximum Gasteiger partial charge on any atom is 0.0945 e. The monoisotopic (exact) mass is 286 g/mol. The van der Waals surface area contributed by atoms with Crippen LogP contribution in [0.5, 0.6) is 0 Å². The van der Waals surface area contributed by atoms with Crippen molar-refractivity contribution in [3.05, 3.63) is 48.3 Å². The van der Waals surface area contributed by atoms with E-state index in [1.807, 2.05) is 37.6 Å². The number of aliphatic hydroxyl groups is 1. The van der Waals surface area contributed by atoms with Crippen molar-refractivity contribution in [3.63, 3.8) is 0 Å². The molecule has 1 unspecified atom stereocenters. The van der Waals surface area contributed by atoms with Crippen LogP contribution in [0.3, 0.4) is 0 Å². The van der Waals surface area contributed by atoms with E-state index in [1.165, 1.54) is 0 Å². The van der Waals surface area contributed by atoms with Crippen LogP contribution < -0.4 is 5.32 Å². The zero-order valence-corrected chi connectivity index (χ0v) is 12.3. The van der Waals surface area contributed by atoms with Gasteiger partial charge in [0.25, 0.3) is 0 Å². The van der Waals surface area contributed by atoms with Crippen molar-refractivity contribution < 1.29 is 5.11 Å². The van der Waals surface area contributed by atoms with Gasteiger partial charge in [0.15, 0.2) is 0 Å². The minimum Gasteiger partial charge on any atom is -0.391 e. The van der Waals surface area contributed by atoms with Gasteiger partial charge in [-0.3, -0.25) is 4.98 Å². The number of hydrogen-bond donors (Lipinski definition) is 2. The molecule has 2 heterocycles. The number of rotatable bonds is 5. The minimum absolute atomic E-state index is 0.154. The number of aromatic nitrogens is 3. The summed E-state index contributed by atoms with van der Waals surface area (Å²) >= 11 is 0. The van der Waals surface area contributed by atoms with Gasteiger partial charge in [-0.15, -0.1) is 0 Å². The summed E-state index contributed by atoms with van der Waals surface area (Å²) in [5, 5.41) is 13.7. The van der Waals surface area contributed by atoms with Gasteiger partial charge in [-0.1, -0.05) is 6.07 Å². The van der Waals surface area contributed by atoms with Gasteiger partial charge in [0, 0.05) is 37.2 Å². The van der Waals surface area contributed by atoms with Crippen LogP contribution in [-0.2, 0) is 13.1 Å². The molecule has 2 N–H and O–H groups in total. The van der Waals surface area contributed by atoms with Crippen LogP contribution >= 0.6 is 0 Å². The summed E-state index contributed by atoms with van der Waals surface area (Å²) < 4.78 is 2.09. The molecule has 0 amide bonds. The predicted molar refractivity (Wildman–Crippen MR) is 80.6 cm³/mol. The topological polar surface area (TPSA) is 63.0 Å². The van der Waals surface area contributed by atoms with Crippen LogP contribution in [0.2, 0.25) is 0 Å². The summed E-state index contributed by atoms with van der Waals surface area (Å²) in [6.45, 7) is 3.63. The molecule has 5 heteroatoms. The molecule has 2 aromatic heterocycles. The largest absolute Gasteiger partial charge is 0.391 e. The second-order valence-electron chi connectivity index (χ2n) is 5.92.